The highest BCUT2D eigenvalue weighted by Gasteiger charge is 2.35. The van der Waals surface area contributed by atoms with Crippen molar-refractivity contribution in [3.05, 3.63) is 78.0 Å². The van der Waals surface area contributed by atoms with E-state index in [0.717, 1.165) is 11.6 Å². The van der Waals surface area contributed by atoms with Gasteiger partial charge in [-0.25, -0.2) is 27.5 Å². The first-order valence-electron chi connectivity index (χ1n) is 7.89. The molecule has 0 spiro atoms. The van der Waals surface area contributed by atoms with Gasteiger partial charge in [0.1, 0.15) is 12.1 Å². The molecule has 0 amide bonds. The van der Waals surface area contributed by atoms with Gasteiger partial charge in [-0.2, -0.15) is 13.2 Å². The maximum Gasteiger partial charge on any atom is 0.419 e. The van der Waals surface area contributed by atoms with Crippen LogP contribution >= 0.6 is 0 Å². The molecular weight excluding hydrogens is 398 g/mol. The van der Waals surface area contributed by atoms with Crippen molar-refractivity contribution in [3.8, 4) is 11.3 Å². The number of benzene rings is 2. The van der Waals surface area contributed by atoms with Crippen LogP contribution in [0.5, 0.6) is 0 Å². The second kappa shape index (κ2) is 7.64. The monoisotopic (exact) mass is 411 g/mol. The van der Waals surface area contributed by atoms with Crippen molar-refractivity contribution in [1.29, 1.82) is 0 Å². The molecule has 28 heavy (non-hydrogen) atoms. The summed E-state index contributed by atoms with van der Waals surface area (Å²) in [6.45, 7) is -0.274. The molecular formula is C18H13F4N3O2S. The number of rotatable bonds is 5. The van der Waals surface area contributed by atoms with Crippen LogP contribution in [0.25, 0.3) is 11.3 Å². The summed E-state index contributed by atoms with van der Waals surface area (Å²) in [5, 5.41) is 0. The van der Waals surface area contributed by atoms with E-state index in [1.165, 1.54) is 6.33 Å². The second-order valence-electron chi connectivity index (χ2n) is 5.72. The molecule has 10 heteroatoms. The number of nitrogens with zero attached hydrogens (tertiary/aromatic N) is 2. The van der Waals surface area contributed by atoms with Gasteiger partial charge in [0.05, 0.1) is 28.4 Å². The minimum absolute atomic E-state index is 0.257. The quantitative estimate of drug-likeness (QED) is 0.649. The van der Waals surface area contributed by atoms with E-state index in [1.54, 1.807) is 6.07 Å². The van der Waals surface area contributed by atoms with Crippen LogP contribution in [0, 0.1) is 5.82 Å². The Labute approximate surface area is 158 Å². The molecule has 0 aliphatic rings. The lowest BCUT2D eigenvalue weighted by Gasteiger charge is -2.11. The smallest absolute Gasteiger partial charge is 0.240 e. The van der Waals surface area contributed by atoms with Crippen LogP contribution in [0.15, 0.2) is 65.8 Å². The number of aromatic nitrogens is 2. The molecule has 1 aromatic heterocycles. The zero-order valence-electron chi connectivity index (χ0n) is 14.1. The summed E-state index contributed by atoms with van der Waals surface area (Å²) < 4.78 is 78.5. The van der Waals surface area contributed by atoms with Gasteiger partial charge in [-0.1, -0.05) is 30.3 Å². The minimum Gasteiger partial charge on any atom is -0.240 e. The standard InChI is InChI=1S/C18H13F4N3O2S/c19-16-7-6-14(9-15(16)18(20,21)22)28(26,27)25-10-13-8-17(24-11-23-13)12-4-2-1-3-5-12/h1-9,11,25H,10H2. The third kappa shape index (κ3) is 4.52. The number of nitrogens with one attached hydrogen (secondary N) is 1. The second-order valence-corrected chi connectivity index (χ2v) is 7.49. The Kier molecular flexibility index (Phi) is 5.43. The van der Waals surface area contributed by atoms with Crippen LogP contribution in [0.4, 0.5) is 17.6 Å². The van der Waals surface area contributed by atoms with E-state index in [0.29, 0.717) is 17.5 Å². The van der Waals surface area contributed by atoms with Gasteiger partial charge in [-0.05, 0) is 24.3 Å². The molecule has 2 aromatic carbocycles. The Morgan fingerprint density at radius 2 is 1.68 bits per heavy atom. The number of halogens is 4. The van der Waals surface area contributed by atoms with Crippen LogP contribution in [-0.4, -0.2) is 18.4 Å². The van der Waals surface area contributed by atoms with Crippen LogP contribution in [-0.2, 0) is 22.7 Å². The van der Waals surface area contributed by atoms with Crippen molar-refractivity contribution in [2.75, 3.05) is 0 Å². The van der Waals surface area contributed by atoms with Gasteiger partial charge >= 0.3 is 6.18 Å². The molecule has 0 bridgehead atoms. The average Bonchev–Trinajstić information content (AvgIpc) is 2.67. The Morgan fingerprint density at radius 1 is 0.964 bits per heavy atom. The van der Waals surface area contributed by atoms with Crippen LogP contribution in [0.2, 0.25) is 0 Å². The van der Waals surface area contributed by atoms with E-state index in [4.69, 9.17) is 0 Å². The van der Waals surface area contributed by atoms with Gasteiger partial charge in [0.25, 0.3) is 0 Å². The number of hydrogen-bond donors (Lipinski definition) is 1. The first-order chi connectivity index (χ1) is 13.2. The van der Waals surface area contributed by atoms with Gasteiger partial charge in [-0.3, -0.25) is 0 Å². The molecule has 3 aromatic rings. The number of sulfonamides is 1. The van der Waals surface area contributed by atoms with Crippen molar-refractivity contribution >= 4 is 10.0 Å². The largest absolute Gasteiger partial charge is 0.419 e. The van der Waals surface area contributed by atoms with Crippen molar-refractivity contribution in [2.45, 2.75) is 17.6 Å². The molecule has 0 radical (unpaired) electrons. The lowest BCUT2D eigenvalue weighted by atomic mass is 10.1. The number of alkyl halides is 3. The molecule has 0 saturated heterocycles. The van der Waals surface area contributed by atoms with Crippen molar-refractivity contribution in [1.82, 2.24) is 14.7 Å². The molecule has 0 aliphatic heterocycles. The fourth-order valence-corrected chi connectivity index (χ4v) is 3.43. The van der Waals surface area contributed by atoms with Gasteiger partial charge in [0, 0.05) is 5.56 Å². The molecule has 0 unspecified atom stereocenters. The van der Waals surface area contributed by atoms with E-state index in [1.807, 2.05) is 30.3 Å². The molecule has 5 nitrogen and oxygen atoms in total. The summed E-state index contributed by atoms with van der Waals surface area (Å²) in [5.74, 6) is -1.55. The maximum atomic E-state index is 13.4. The normalized spacial score (nSPS) is 12.1. The molecule has 1 heterocycles. The summed E-state index contributed by atoms with van der Waals surface area (Å²) >= 11 is 0. The van der Waals surface area contributed by atoms with Crippen molar-refractivity contribution < 1.29 is 26.0 Å². The fraction of sp³-hybridized carbons (Fsp3) is 0.111. The predicted molar refractivity (Wildman–Crippen MR) is 92.9 cm³/mol. The summed E-state index contributed by atoms with van der Waals surface area (Å²) in [5.41, 5.74) is 0.0210. The Hall–Kier alpha value is -2.85. The van der Waals surface area contributed by atoms with Crippen LogP contribution in [0.1, 0.15) is 11.3 Å². The SMILES string of the molecule is O=S(=O)(NCc1cc(-c2ccccc2)ncn1)c1ccc(F)c(C(F)(F)F)c1. The predicted octanol–water partition coefficient (Wildman–Crippen LogP) is 3.78. The van der Waals surface area contributed by atoms with Gasteiger partial charge < -0.3 is 0 Å². The zero-order chi connectivity index (χ0) is 20.4. The van der Waals surface area contributed by atoms with E-state index >= 15 is 0 Å². The fourth-order valence-electron chi connectivity index (χ4n) is 2.40. The molecule has 0 fully saturated rings. The zero-order valence-corrected chi connectivity index (χ0v) is 14.9. The van der Waals surface area contributed by atoms with Crippen molar-refractivity contribution in [3.63, 3.8) is 0 Å². The van der Waals surface area contributed by atoms with E-state index < -0.39 is 32.5 Å². The minimum atomic E-state index is -5.01. The Morgan fingerprint density at radius 3 is 2.36 bits per heavy atom. The highest BCUT2D eigenvalue weighted by molar-refractivity contribution is 7.89. The summed E-state index contributed by atoms with van der Waals surface area (Å²) in [6, 6.07) is 12.1. The molecule has 1 N–H and O–H groups in total. The van der Waals surface area contributed by atoms with Gasteiger partial charge in [0.2, 0.25) is 10.0 Å². The summed E-state index contributed by atoms with van der Waals surface area (Å²) in [7, 11) is -4.31. The van der Waals surface area contributed by atoms with E-state index in [9.17, 15) is 26.0 Å². The van der Waals surface area contributed by atoms with Crippen molar-refractivity contribution in [2.24, 2.45) is 0 Å². The third-order valence-corrected chi connectivity index (χ3v) is 5.19. The summed E-state index contributed by atoms with van der Waals surface area (Å²) in [6.07, 6.45) is -3.75. The highest BCUT2D eigenvalue weighted by atomic mass is 32.2. The highest BCUT2D eigenvalue weighted by Crippen LogP contribution is 2.32. The van der Waals surface area contributed by atoms with E-state index in [2.05, 4.69) is 14.7 Å². The maximum absolute atomic E-state index is 13.4. The lowest BCUT2D eigenvalue weighted by molar-refractivity contribution is -0.140. The topological polar surface area (TPSA) is 72.0 Å². The third-order valence-electron chi connectivity index (χ3n) is 3.79. The molecule has 146 valence electrons. The Bertz CT molecular complexity index is 1090. The first-order valence-corrected chi connectivity index (χ1v) is 9.38. The van der Waals surface area contributed by atoms with Crippen LogP contribution in [0.3, 0.4) is 0 Å². The summed E-state index contributed by atoms with van der Waals surface area (Å²) in [4.78, 5) is 7.36. The van der Waals surface area contributed by atoms with Gasteiger partial charge in [0.15, 0.2) is 0 Å². The molecule has 0 saturated carbocycles. The van der Waals surface area contributed by atoms with E-state index in [-0.39, 0.29) is 12.6 Å². The average molecular weight is 411 g/mol. The molecule has 0 atom stereocenters. The molecule has 0 aliphatic carbocycles. The van der Waals surface area contributed by atoms with Crippen LogP contribution < -0.4 is 4.72 Å². The lowest BCUT2D eigenvalue weighted by Crippen LogP contribution is -2.24. The number of hydrogen-bond acceptors (Lipinski definition) is 4. The van der Waals surface area contributed by atoms with Gasteiger partial charge in [-0.15, -0.1) is 0 Å². The first kappa shape index (κ1) is 19.9. The Balaban J connectivity index is 1.81. The molecule has 3 rings (SSSR count).